The van der Waals surface area contributed by atoms with Crippen molar-refractivity contribution in [2.75, 3.05) is 27.4 Å². The number of methoxy groups -OCH3 is 2. The molecule has 8 nitrogen and oxygen atoms in total. The Morgan fingerprint density at radius 3 is 1.70 bits per heavy atom. The molecule has 0 spiro atoms. The van der Waals surface area contributed by atoms with E-state index >= 15 is 0 Å². The second-order valence-corrected chi connectivity index (χ2v) is 6.46. The normalized spacial score (nSPS) is 14.6. The van der Waals surface area contributed by atoms with Crippen molar-refractivity contribution >= 4 is 0 Å². The number of ether oxygens (including phenoxy) is 4. The molecular formula is C19H24N4O4. The van der Waals surface area contributed by atoms with Crippen LogP contribution in [0.3, 0.4) is 0 Å². The van der Waals surface area contributed by atoms with Crippen LogP contribution in [-0.4, -0.2) is 37.4 Å². The van der Waals surface area contributed by atoms with E-state index < -0.39 is 0 Å². The second-order valence-electron chi connectivity index (χ2n) is 6.46. The second kappa shape index (κ2) is 7.98. The summed E-state index contributed by atoms with van der Waals surface area (Å²) in [6, 6.07) is 3.98. The van der Waals surface area contributed by atoms with Crippen LogP contribution in [0.15, 0.2) is 12.1 Å². The van der Waals surface area contributed by atoms with Gasteiger partial charge in [-0.05, 0) is 23.3 Å². The van der Waals surface area contributed by atoms with Gasteiger partial charge in [-0.3, -0.25) is 0 Å². The lowest BCUT2D eigenvalue weighted by Gasteiger charge is -2.13. The molecule has 4 heterocycles. The van der Waals surface area contributed by atoms with Crippen molar-refractivity contribution in [1.29, 1.82) is 0 Å². The largest absolute Gasteiger partial charge is 0.491 e. The quantitative estimate of drug-likeness (QED) is 0.675. The van der Waals surface area contributed by atoms with Gasteiger partial charge in [-0.25, -0.2) is 9.97 Å². The molecule has 0 bridgehead atoms. The Labute approximate surface area is 158 Å². The molecule has 0 atom stereocenters. The van der Waals surface area contributed by atoms with Crippen LogP contribution in [0.5, 0.6) is 23.3 Å². The zero-order valence-corrected chi connectivity index (χ0v) is 15.6. The molecule has 0 saturated heterocycles. The van der Waals surface area contributed by atoms with Crippen LogP contribution < -0.4 is 29.6 Å². The summed E-state index contributed by atoms with van der Waals surface area (Å²) in [5.41, 5.74) is 4.35. The number of aromatic nitrogens is 2. The van der Waals surface area contributed by atoms with Crippen molar-refractivity contribution < 1.29 is 18.9 Å². The van der Waals surface area contributed by atoms with Crippen LogP contribution >= 0.6 is 0 Å². The molecule has 2 N–H and O–H groups in total. The predicted octanol–water partition coefficient (Wildman–Crippen LogP) is 1.55. The zero-order chi connectivity index (χ0) is 18.6. The van der Waals surface area contributed by atoms with E-state index in [1.165, 1.54) is 0 Å². The number of hydrogen-bond donors (Lipinski definition) is 2. The van der Waals surface area contributed by atoms with Crippen molar-refractivity contribution in [2.45, 2.75) is 32.6 Å². The van der Waals surface area contributed by atoms with Crippen LogP contribution in [0.1, 0.15) is 28.9 Å². The number of nitrogens with zero attached hydrogens (tertiary/aromatic N) is 2. The third-order valence-electron chi connectivity index (χ3n) is 4.67. The smallest absolute Gasteiger partial charge is 0.257 e. The van der Waals surface area contributed by atoms with Gasteiger partial charge in [0.2, 0.25) is 0 Å². The maximum atomic E-state index is 5.82. The average molecular weight is 372 g/mol. The Morgan fingerprint density at radius 1 is 0.778 bits per heavy atom. The van der Waals surface area contributed by atoms with Gasteiger partial charge >= 0.3 is 0 Å². The Morgan fingerprint density at radius 2 is 1.26 bits per heavy atom. The molecule has 2 aliphatic heterocycles. The van der Waals surface area contributed by atoms with E-state index in [1.807, 2.05) is 12.1 Å². The molecule has 0 aliphatic carbocycles. The van der Waals surface area contributed by atoms with Gasteiger partial charge in [0.05, 0.1) is 38.8 Å². The van der Waals surface area contributed by atoms with Crippen molar-refractivity contribution in [3.8, 4) is 23.3 Å². The molecule has 2 aliphatic rings. The van der Waals surface area contributed by atoms with Gasteiger partial charge in [0.25, 0.3) is 11.8 Å². The molecule has 144 valence electrons. The highest BCUT2D eigenvalue weighted by molar-refractivity contribution is 5.42. The Kier molecular flexibility index (Phi) is 5.26. The van der Waals surface area contributed by atoms with Crippen LogP contribution in [0.25, 0.3) is 0 Å². The van der Waals surface area contributed by atoms with Gasteiger partial charge in [-0.1, -0.05) is 0 Å². The number of hydrogen-bond acceptors (Lipinski definition) is 8. The van der Waals surface area contributed by atoms with Crippen molar-refractivity contribution in [3.05, 3.63) is 34.6 Å². The first-order valence-corrected chi connectivity index (χ1v) is 9.09. The fourth-order valence-corrected chi connectivity index (χ4v) is 3.24. The number of nitrogens with one attached hydrogen (secondary N) is 2. The first-order chi connectivity index (χ1) is 13.3. The molecule has 0 fully saturated rings. The highest BCUT2D eigenvalue weighted by Crippen LogP contribution is 2.30. The Bertz CT molecular complexity index is 760. The van der Waals surface area contributed by atoms with E-state index in [-0.39, 0.29) is 0 Å². The monoisotopic (exact) mass is 372 g/mol. The molecule has 0 unspecified atom stereocenters. The summed E-state index contributed by atoms with van der Waals surface area (Å²) in [6.45, 7) is 4.11. The van der Waals surface area contributed by atoms with Crippen molar-refractivity contribution in [1.82, 2.24) is 20.6 Å². The highest BCUT2D eigenvalue weighted by Gasteiger charge is 2.18. The third kappa shape index (κ3) is 3.77. The number of rotatable bonds is 8. The van der Waals surface area contributed by atoms with Crippen LogP contribution in [0.2, 0.25) is 0 Å². The summed E-state index contributed by atoms with van der Waals surface area (Å²) in [5, 5.41) is 6.54. The van der Waals surface area contributed by atoms with Gasteiger partial charge in [0.15, 0.2) is 11.5 Å². The first kappa shape index (κ1) is 17.8. The lowest BCUT2D eigenvalue weighted by atomic mass is 10.2. The van der Waals surface area contributed by atoms with Crippen LogP contribution in [-0.2, 0) is 26.2 Å². The fraction of sp³-hybridized carbons (Fsp3) is 0.474. The maximum Gasteiger partial charge on any atom is 0.257 e. The molecular weight excluding hydrogens is 348 g/mol. The molecule has 2 aromatic rings. The highest BCUT2D eigenvalue weighted by atomic mass is 16.5. The maximum absolute atomic E-state index is 5.82. The summed E-state index contributed by atoms with van der Waals surface area (Å²) < 4.78 is 22.4. The van der Waals surface area contributed by atoms with E-state index in [4.69, 9.17) is 18.9 Å². The van der Waals surface area contributed by atoms with Gasteiger partial charge in [-0.2, -0.15) is 0 Å². The molecule has 2 aromatic heterocycles. The van der Waals surface area contributed by atoms with E-state index in [0.717, 1.165) is 48.7 Å². The summed E-state index contributed by atoms with van der Waals surface area (Å²) in [4.78, 5) is 9.11. The van der Waals surface area contributed by atoms with E-state index in [9.17, 15) is 0 Å². The summed E-state index contributed by atoms with van der Waals surface area (Å²) in [6.07, 6.45) is 0.695. The van der Waals surface area contributed by atoms with Gasteiger partial charge in [0.1, 0.15) is 0 Å². The first-order valence-electron chi connectivity index (χ1n) is 9.09. The molecule has 0 saturated carbocycles. The molecule has 0 aromatic carbocycles. The lowest BCUT2D eigenvalue weighted by Crippen LogP contribution is -2.09. The van der Waals surface area contributed by atoms with Crippen molar-refractivity contribution in [2.24, 2.45) is 0 Å². The van der Waals surface area contributed by atoms with E-state index in [0.29, 0.717) is 42.9 Å². The third-order valence-corrected chi connectivity index (χ3v) is 4.67. The number of pyridine rings is 2. The molecule has 0 amide bonds. The fourth-order valence-electron chi connectivity index (χ4n) is 3.24. The lowest BCUT2D eigenvalue weighted by molar-refractivity contribution is 0.224. The van der Waals surface area contributed by atoms with Gasteiger partial charge < -0.3 is 29.6 Å². The molecule has 4 rings (SSSR count). The standard InChI is InChI=1S/C19H24N4O4/c1-24-16-6-12-8-20-10-14(12)22-18(16)26-4-3-5-27-19-17(25-2)7-13-9-21-11-15(13)23-19/h6-7,20-21H,3-5,8-11H2,1-2H3. The summed E-state index contributed by atoms with van der Waals surface area (Å²) >= 11 is 0. The summed E-state index contributed by atoms with van der Waals surface area (Å²) in [7, 11) is 3.25. The van der Waals surface area contributed by atoms with Crippen LogP contribution in [0, 0.1) is 0 Å². The molecule has 27 heavy (non-hydrogen) atoms. The SMILES string of the molecule is COc1cc2c(nc1OCCCOc1nc3c(cc1OC)CNC3)CNC2. The van der Waals surface area contributed by atoms with E-state index in [1.54, 1.807) is 14.2 Å². The van der Waals surface area contributed by atoms with Crippen LogP contribution in [0.4, 0.5) is 0 Å². The van der Waals surface area contributed by atoms with Crippen molar-refractivity contribution in [3.63, 3.8) is 0 Å². The predicted molar refractivity (Wildman–Crippen MR) is 98.3 cm³/mol. The summed E-state index contributed by atoms with van der Waals surface area (Å²) in [5.74, 6) is 2.37. The molecule has 0 radical (unpaired) electrons. The van der Waals surface area contributed by atoms with Gasteiger partial charge in [0, 0.05) is 32.6 Å². The van der Waals surface area contributed by atoms with Gasteiger partial charge in [-0.15, -0.1) is 0 Å². The van der Waals surface area contributed by atoms with E-state index in [2.05, 4.69) is 20.6 Å². The average Bonchev–Trinajstić information content (AvgIpc) is 3.34. The Balaban J connectivity index is 1.31. The zero-order valence-electron chi connectivity index (χ0n) is 15.6. The number of fused-ring (bicyclic) bond motifs is 2. The topological polar surface area (TPSA) is 86.8 Å². The minimum absolute atomic E-state index is 0.477. The molecule has 8 heteroatoms. The Hall–Kier alpha value is -2.58. The minimum atomic E-state index is 0.477. The minimum Gasteiger partial charge on any atom is -0.491 e.